The molecular formula is C11H24N2O4S. The number of piperidine rings is 1. The molecule has 0 aromatic rings. The van der Waals surface area contributed by atoms with Gasteiger partial charge in [0.1, 0.15) is 0 Å². The van der Waals surface area contributed by atoms with Crippen LogP contribution in [-0.2, 0) is 14.9 Å². The number of rotatable bonds is 6. The van der Waals surface area contributed by atoms with Crippen LogP contribution in [0.15, 0.2) is 0 Å². The summed E-state index contributed by atoms with van der Waals surface area (Å²) in [5.74, 6) is 0. The molecule has 7 heteroatoms. The number of likely N-dealkylation sites (N-methyl/N-ethyl adjacent to an activating group) is 1. The Balaban J connectivity index is 2.77. The van der Waals surface area contributed by atoms with Gasteiger partial charge in [-0.3, -0.25) is 0 Å². The lowest BCUT2D eigenvalue weighted by atomic mass is 10.1. The number of hydrogen-bond donors (Lipinski definition) is 1. The average molecular weight is 280 g/mol. The topological polar surface area (TPSA) is 70.1 Å². The third-order valence-corrected chi connectivity index (χ3v) is 5.40. The maximum Gasteiger partial charge on any atom is 0.282 e. The maximum atomic E-state index is 12.4. The van der Waals surface area contributed by atoms with Crippen LogP contribution >= 0.6 is 0 Å². The highest BCUT2D eigenvalue weighted by molar-refractivity contribution is 7.86. The summed E-state index contributed by atoms with van der Waals surface area (Å²) in [6.07, 6.45) is 2.39. The van der Waals surface area contributed by atoms with Crippen LogP contribution in [0.25, 0.3) is 0 Å². The molecular weight excluding hydrogens is 256 g/mol. The summed E-state index contributed by atoms with van der Waals surface area (Å²) in [4.78, 5) is 0. The van der Waals surface area contributed by atoms with Gasteiger partial charge in [0.25, 0.3) is 10.2 Å². The fraction of sp³-hybridized carbons (Fsp3) is 1.00. The zero-order valence-corrected chi connectivity index (χ0v) is 12.2. The monoisotopic (exact) mass is 280 g/mol. The van der Waals surface area contributed by atoms with Gasteiger partial charge in [0.2, 0.25) is 0 Å². The van der Waals surface area contributed by atoms with E-state index < -0.39 is 10.2 Å². The van der Waals surface area contributed by atoms with E-state index in [0.29, 0.717) is 13.1 Å². The van der Waals surface area contributed by atoms with Crippen molar-refractivity contribution in [1.82, 2.24) is 8.61 Å². The molecule has 0 aliphatic carbocycles. The van der Waals surface area contributed by atoms with Gasteiger partial charge in [-0.1, -0.05) is 6.42 Å². The lowest BCUT2D eigenvalue weighted by molar-refractivity contribution is 0.0987. The van der Waals surface area contributed by atoms with Crippen molar-refractivity contribution in [2.45, 2.75) is 38.3 Å². The summed E-state index contributed by atoms with van der Waals surface area (Å²) in [6.45, 7) is 2.51. The first-order valence-corrected chi connectivity index (χ1v) is 7.70. The largest absolute Gasteiger partial charge is 0.395 e. The van der Waals surface area contributed by atoms with Crippen LogP contribution in [0.5, 0.6) is 0 Å². The number of aliphatic hydroxyl groups excluding tert-OH is 1. The van der Waals surface area contributed by atoms with Crippen LogP contribution in [0.2, 0.25) is 0 Å². The molecule has 1 aliphatic rings. The van der Waals surface area contributed by atoms with E-state index >= 15 is 0 Å². The van der Waals surface area contributed by atoms with Gasteiger partial charge in [-0.15, -0.1) is 0 Å². The van der Waals surface area contributed by atoms with E-state index in [1.54, 1.807) is 14.2 Å². The van der Waals surface area contributed by atoms with Crippen molar-refractivity contribution in [2.75, 3.05) is 33.9 Å². The average Bonchev–Trinajstić information content (AvgIpc) is 2.38. The molecule has 0 amide bonds. The minimum absolute atomic E-state index is 0.118. The van der Waals surface area contributed by atoms with E-state index in [1.807, 2.05) is 6.92 Å². The molecule has 0 radical (unpaired) electrons. The molecule has 6 nitrogen and oxygen atoms in total. The molecule has 1 saturated heterocycles. The number of aliphatic hydroxyl groups is 1. The molecule has 1 aliphatic heterocycles. The van der Waals surface area contributed by atoms with E-state index in [4.69, 9.17) is 4.74 Å². The minimum Gasteiger partial charge on any atom is -0.395 e. The van der Waals surface area contributed by atoms with E-state index in [-0.39, 0.29) is 18.8 Å². The van der Waals surface area contributed by atoms with E-state index in [9.17, 15) is 13.5 Å². The molecule has 108 valence electrons. The van der Waals surface area contributed by atoms with Gasteiger partial charge in [0.05, 0.1) is 12.7 Å². The molecule has 0 bridgehead atoms. The third kappa shape index (κ3) is 3.64. The van der Waals surface area contributed by atoms with E-state index in [1.165, 1.54) is 8.61 Å². The summed E-state index contributed by atoms with van der Waals surface area (Å²) < 4.78 is 32.6. The molecule has 18 heavy (non-hydrogen) atoms. The van der Waals surface area contributed by atoms with Crippen LogP contribution in [0, 0.1) is 0 Å². The van der Waals surface area contributed by atoms with Crippen molar-refractivity contribution in [2.24, 2.45) is 0 Å². The molecule has 1 heterocycles. The van der Waals surface area contributed by atoms with Crippen LogP contribution in [0.3, 0.4) is 0 Å². The molecule has 1 rings (SSSR count). The Labute approximate surface area is 110 Å². The summed E-state index contributed by atoms with van der Waals surface area (Å²) in [5.41, 5.74) is 0. The molecule has 0 aromatic carbocycles. The van der Waals surface area contributed by atoms with E-state index in [2.05, 4.69) is 0 Å². The summed E-state index contributed by atoms with van der Waals surface area (Å²) in [5, 5.41) is 9.29. The molecule has 0 saturated carbocycles. The highest BCUT2D eigenvalue weighted by Crippen LogP contribution is 2.21. The zero-order chi connectivity index (χ0) is 13.8. The summed E-state index contributed by atoms with van der Waals surface area (Å²) in [6, 6.07) is -0.288. The van der Waals surface area contributed by atoms with E-state index in [0.717, 1.165) is 19.3 Å². The second kappa shape index (κ2) is 6.81. The summed E-state index contributed by atoms with van der Waals surface area (Å²) in [7, 11) is -0.394. The Kier molecular flexibility index (Phi) is 6.00. The van der Waals surface area contributed by atoms with Gasteiger partial charge in [0.15, 0.2) is 0 Å². The second-order valence-electron chi connectivity index (χ2n) is 4.78. The standard InChI is InChI=1S/C11H24N2O4S/c1-10(17-3)8-12(2)18(15,16)13-7-5-4-6-11(13)9-14/h10-11,14H,4-9H2,1-3H3. The second-order valence-corrected chi connectivity index (χ2v) is 6.77. The minimum atomic E-state index is -3.50. The van der Waals surface area contributed by atoms with Crippen molar-refractivity contribution in [1.29, 1.82) is 0 Å². The van der Waals surface area contributed by atoms with Crippen molar-refractivity contribution in [3.63, 3.8) is 0 Å². The Hall–Kier alpha value is -0.210. The zero-order valence-electron chi connectivity index (χ0n) is 11.4. The maximum absolute atomic E-state index is 12.4. The quantitative estimate of drug-likeness (QED) is 0.746. The van der Waals surface area contributed by atoms with Crippen LogP contribution in [-0.4, -0.2) is 68.1 Å². The predicted molar refractivity (Wildman–Crippen MR) is 69.5 cm³/mol. The fourth-order valence-electron chi connectivity index (χ4n) is 2.17. The Morgan fingerprint density at radius 2 is 2.17 bits per heavy atom. The number of nitrogens with zero attached hydrogens (tertiary/aromatic N) is 2. The van der Waals surface area contributed by atoms with Crippen LogP contribution in [0.1, 0.15) is 26.2 Å². The molecule has 1 fully saturated rings. The Bertz CT molecular complexity index is 347. The van der Waals surface area contributed by atoms with Gasteiger partial charge in [-0.25, -0.2) is 0 Å². The lowest BCUT2D eigenvalue weighted by Gasteiger charge is -2.36. The first kappa shape index (κ1) is 15.8. The van der Waals surface area contributed by atoms with Gasteiger partial charge in [-0.05, 0) is 19.8 Å². The predicted octanol–water partition coefficient (Wildman–Crippen LogP) is 0.0447. The Morgan fingerprint density at radius 3 is 2.72 bits per heavy atom. The lowest BCUT2D eigenvalue weighted by Crippen LogP contribution is -2.52. The number of hydrogen-bond acceptors (Lipinski definition) is 4. The fourth-order valence-corrected chi connectivity index (χ4v) is 3.84. The van der Waals surface area contributed by atoms with Gasteiger partial charge in [-0.2, -0.15) is 17.0 Å². The van der Waals surface area contributed by atoms with Crippen molar-refractivity contribution in [3.8, 4) is 0 Å². The molecule has 2 atom stereocenters. The first-order valence-electron chi connectivity index (χ1n) is 6.30. The highest BCUT2D eigenvalue weighted by atomic mass is 32.2. The number of ether oxygens (including phenoxy) is 1. The number of methoxy groups -OCH3 is 1. The highest BCUT2D eigenvalue weighted by Gasteiger charge is 2.34. The molecule has 0 aromatic heterocycles. The Morgan fingerprint density at radius 1 is 1.50 bits per heavy atom. The van der Waals surface area contributed by atoms with Crippen molar-refractivity contribution >= 4 is 10.2 Å². The van der Waals surface area contributed by atoms with Gasteiger partial charge >= 0.3 is 0 Å². The third-order valence-electron chi connectivity index (χ3n) is 3.39. The van der Waals surface area contributed by atoms with Crippen LogP contribution < -0.4 is 0 Å². The van der Waals surface area contributed by atoms with Crippen LogP contribution in [0.4, 0.5) is 0 Å². The van der Waals surface area contributed by atoms with Gasteiger partial charge in [0, 0.05) is 33.3 Å². The first-order chi connectivity index (χ1) is 8.43. The molecule has 0 spiro atoms. The SMILES string of the molecule is COC(C)CN(C)S(=O)(=O)N1CCCCC1CO. The van der Waals surface area contributed by atoms with Crippen molar-refractivity contribution < 1.29 is 18.3 Å². The normalized spacial score (nSPS) is 24.4. The van der Waals surface area contributed by atoms with Gasteiger partial charge < -0.3 is 9.84 Å². The molecule has 1 N–H and O–H groups in total. The smallest absolute Gasteiger partial charge is 0.282 e. The summed E-state index contributed by atoms with van der Waals surface area (Å²) >= 11 is 0. The molecule has 2 unspecified atom stereocenters. The van der Waals surface area contributed by atoms with Crippen molar-refractivity contribution in [3.05, 3.63) is 0 Å².